The zero-order chi connectivity index (χ0) is 13.7. The SMILES string of the molecule is CN(C)CC1CN2c3ccccc3Sc3cccc1c32. The number of para-hydroxylation sites is 2. The summed E-state index contributed by atoms with van der Waals surface area (Å²) in [5, 5.41) is 0. The quantitative estimate of drug-likeness (QED) is 0.823. The fourth-order valence-corrected chi connectivity index (χ4v) is 4.49. The molecule has 0 saturated heterocycles. The predicted molar refractivity (Wildman–Crippen MR) is 85.3 cm³/mol. The van der Waals surface area contributed by atoms with E-state index in [1.54, 1.807) is 0 Å². The summed E-state index contributed by atoms with van der Waals surface area (Å²) in [6.07, 6.45) is 0. The van der Waals surface area contributed by atoms with Crippen LogP contribution in [0.15, 0.2) is 52.3 Å². The largest absolute Gasteiger partial charge is 0.339 e. The highest BCUT2D eigenvalue weighted by Gasteiger charge is 2.35. The van der Waals surface area contributed by atoms with E-state index < -0.39 is 0 Å². The van der Waals surface area contributed by atoms with E-state index in [0.717, 1.165) is 13.1 Å². The lowest BCUT2D eigenvalue weighted by Gasteiger charge is -2.29. The highest BCUT2D eigenvalue weighted by Crippen LogP contribution is 2.54. The summed E-state index contributed by atoms with van der Waals surface area (Å²) in [6.45, 7) is 2.21. The van der Waals surface area contributed by atoms with E-state index in [4.69, 9.17) is 0 Å². The molecule has 2 aromatic carbocycles. The molecule has 0 N–H and O–H groups in total. The first-order valence-electron chi connectivity index (χ1n) is 7.06. The van der Waals surface area contributed by atoms with Crippen LogP contribution >= 0.6 is 11.8 Å². The van der Waals surface area contributed by atoms with Gasteiger partial charge in [0.05, 0.1) is 11.4 Å². The number of benzene rings is 2. The predicted octanol–water partition coefficient (Wildman–Crippen LogP) is 3.95. The van der Waals surface area contributed by atoms with Gasteiger partial charge in [-0.1, -0.05) is 36.0 Å². The Kier molecular flexibility index (Phi) is 2.79. The Balaban J connectivity index is 1.84. The van der Waals surface area contributed by atoms with Gasteiger partial charge in [0.25, 0.3) is 0 Å². The van der Waals surface area contributed by atoms with Crippen LogP contribution in [0.1, 0.15) is 11.5 Å². The molecule has 0 spiro atoms. The van der Waals surface area contributed by atoms with Gasteiger partial charge in [0, 0.05) is 28.8 Å². The standard InChI is InChI=1S/C17H18N2S/c1-18(2)10-12-11-19-14-7-3-4-8-15(14)20-16-9-5-6-13(12)17(16)19/h3-9,12H,10-11H2,1-2H3. The first kappa shape index (κ1) is 12.3. The highest BCUT2D eigenvalue weighted by molar-refractivity contribution is 7.99. The number of likely N-dealkylation sites (N-methyl/N-ethyl adjacent to an activating group) is 1. The molecule has 2 aliphatic heterocycles. The van der Waals surface area contributed by atoms with Crippen molar-refractivity contribution in [2.75, 3.05) is 32.1 Å². The van der Waals surface area contributed by atoms with Crippen LogP contribution in [-0.2, 0) is 0 Å². The zero-order valence-corrected chi connectivity index (χ0v) is 12.7. The summed E-state index contributed by atoms with van der Waals surface area (Å²) in [7, 11) is 4.32. The lowest BCUT2D eigenvalue weighted by Crippen LogP contribution is -2.24. The minimum Gasteiger partial charge on any atom is -0.339 e. The highest BCUT2D eigenvalue weighted by atomic mass is 32.2. The maximum atomic E-state index is 2.52. The molecule has 0 aromatic heterocycles. The molecular formula is C17H18N2S. The second kappa shape index (κ2) is 4.54. The lowest BCUT2D eigenvalue weighted by molar-refractivity contribution is 0.380. The molecule has 0 aliphatic carbocycles. The molecule has 3 heteroatoms. The third-order valence-corrected chi connectivity index (χ3v) is 5.22. The summed E-state index contributed by atoms with van der Waals surface area (Å²) in [5.74, 6) is 0.603. The van der Waals surface area contributed by atoms with Crippen LogP contribution in [0.4, 0.5) is 11.4 Å². The molecular weight excluding hydrogens is 264 g/mol. The van der Waals surface area contributed by atoms with Crippen LogP contribution < -0.4 is 4.90 Å². The van der Waals surface area contributed by atoms with Gasteiger partial charge in [-0.25, -0.2) is 0 Å². The van der Waals surface area contributed by atoms with Crippen molar-refractivity contribution in [3.8, 4) is 0 Å². The fraction of sp³-hybridized carbons (Fsp3) is 0.294. The Labute approximate surface area is 124 Å². The summed E-state index contributed by atoms with van der Waals surface area (Å²) in [6, 6.07) is 15.5. The van der Waals surface area contributed by atoms with Gasteiger partial charge >= 0.3 is 0 Å². The third-order valence-electron chi connectivity index (χ3n) is 4.10. The van der Waals surface area contributed by atoms with Crippen LogP contribution in [0.2, 0.25) is 0 Å². The van der Waals surface area contributed by atoms with Crippen LogP contribution in [0.25, 0.3) is 0 Å². The molecule has 102 valence electrons. The number of hydrogen-bond acceptors (Lipinski definition) is 3. The Morgan fingerprint density at radius 2 is 1.90 bits per heavy atom. The number of rotatable bonds is 2. The van der Waals surface area contributed by atoms with Gasteiger partial charge in [0.15, 0.2) is 0 Å². The van der Waals surface area contributed by atoms with Gasteiger partial charge in [-0.3, -0.25) is 0 Å². The van der Waals surface area contributed by atoms with E-state index in [1.807, 2.05) is 11.8 Å². The molecule has 1 unspecified atom stereocenters. The smallest absolute Gasteiger partial charge is 0.0589 e. The topological polar surface area (TPSA) is 6.48 Å². The van der Waals surface area contributed by atoms with E-state index in [1.165, 1.54) is 26.7 Å². The van der Waals surface area contributed by atoms with Crippen molar-refractivity contribution in [3.05, 3.63) is 48.0 Å². The van der Waals surface area contributed by atoms with Crippen molar-refractivity contribution in [2.24, 2.45) is 0 Å². The van der Waals surface area contributed by atoms with Crippen molar-refractivity contribution in [1.82, 2.24) is 4.90 Å². The summed E-state index contributed by atoms with van der Waals surface area (Å²) in [4.78, 5) is 7.59. The fourth-order valence-electron chi connectivity index (χ4n) is 3.35. The first-order chi connectivity index (χ1) is 9.74. The van der Waals surface area contributed by atoms with Gasteiger partial charge < -0.3 is 9.80 Å². The molecule has 0 amide bonds. The van der Waals surface area contributed by atoms with Crippen molar-refractivity contribution in [3.63, 3.8) is 0 Å². The van der Waals surface area contributed by atoms with Gasteiger partial charge in [-0.15, -0.1) is 0 Å². The van der Waals surface area contributed by atoms with Crippen molar-refractivity contribution in [2.45, 2.75) is 15.7 Å². The Morgan fingerprint density at radius 3 is 2.75 bits per heavy atom. The number of fused-ring (bicyclic) bond motifs is 2. The van der Waals surface area contributed by atoms with E-state index in [0.29, 0.717) is 5.92 Å². The Hall–Kier alpha value is -1.45. The Bertz CT molecular complexity index is 666. The number of hydrogen-bond donors (Lipinski definition) is 0. The van der Waals surface area contributed by atoms with Crippen LogP contribution in [0, 0.1) is 0 Å². The number of nitrogens with zero attached hydrogens (tertiary/aromatic N) is 2. The van der Waals surface area contributed by atoms with Crippen LogP contribution in [-0.4, -0.2) is 32.1 Å². The molecule has 4 rings (SSSR count). The molecule has 0 saturated carbocycles. The van der Waals surface area contributed by atoms with E-state index in [2.05, 4.69) is 66.4 Å². The summed E-state index contributed by atoms with van der Waals surface area (Å²) >= 11 is 1.91. The normalized spacial score (nSPS) is 19.1. The maximum absolute atomic E-state index is 2.52. The van der Waals surface area contributed by atoms with Crippen molar-refractivity contribution in [1.29, 1.82) is 0 Å². The minimum absolute atomic E-state index is 0.603. The average Bonchev–Trinajstić information content (AvgIpc) is 2.79. The van der Waals surface area contributed by atoms with Gasteiger partial charge in [0.1, 0.15) is 0 Å². The first-order valence-corrected chi connectivity index (χ1v) is 7.88. The van der Waals surface area contributed by atoms with Crippen molar-refractivity contribution >= 4 is 23.1 Å². The Morgan fingerprint density at radius 1 is 1.10 bits per heavy atom. The molecule has 0 fully saturated rings. The van der Waals surface area contributed by atoms with Crippen molar-refractivity contribution < 1.29 is 0 Å². The maximum Gasteiger partial charge on any atom is 0.0589 e. The summed E-state index contributed by atoms with van der Waals surface area (Å²) in [5.41, 5.74) is 4.33. The molecule has 20 heavy (non-hydrogen) atoms. The second-order valence-electron chi connectivity index (χ2n) is 5.83. The van der Waals surface area contributed by atoms with Gasteiger partial charge in [-0.2, -0.15) is 0 Å². The molecule has 0 bridgehead atoms. The minimum atomic E-state index is 0.603. The molecule has 2 heterocycles. The molecule has 2 aromatic rings. The summed E-state index contributed by atoms with van der Waals surface area (Å²) < 4.78 is 0. The third kappa shape index (κ3) is 1.77. The lowest BCUT2D eigenvalue weighted by atomic mass is 10.0. The molecule has 2 aliphatic rings. The molecule has 0 radical (unpaired) electrons. The molecule has 2 nitrogen and oxygen atoms in total. The van der Waals surface area contributed by atoms with Gasteiger partial charge in [0.2, 0.25) is 0 Å². The number of anilines is 2. The zero-order valence-electron chi connectivity index (χ0n) is 11.8. The van der Waals surface area contributed by atoms with Crippen LogP contribution in [0.3, 0.4) is 0 Å². The van der Waals surface area contributed by atoms with E-state index in [-0.39, 0.29) is 0 Å². The average molecular weight is 282 g/mol. The monoisotopic (exact) mass is 282 g/mol. The van der Waals surface area contributed by atoms with E-state index >= 15 is 0 Å². The molecule has 1 atom stereocenters. The second-order valence-corrected chi connectivity index (χ2v) is 6.92. The van der Waals surface area contributed by atoms with E-state index in [9.17, 15) is 0 Å². The van der Waals surface area contributed by atoms with Crippen LogP contribution in [0.5, 0.6) is 0 Å². The van der Waals surface area contributed by atoms with Gasteiger partial charge in [-0.05, 0) is 37.9 Å².